The van der Waals surface area contributed by atoms with Crippen molar-refractivity contribution in [3.05, 3.63) is 54.9 Å². The zero-order chi connectivity index (χ0) is 21.9. The van der Waals surface area contributed by atoms with Gasteiger partial charge < -0.3 is 24.6 Å². The van der Waals surface area contributed by atoms with E-state index in [4.69, 9.17) is 14.5 Å². The first-order valence-corrected chi connectivity index (χ1v) is 11.1. The maximum atomic E-state index is 5.90. The van der Waals surface area contributed by atoms with Gasteiger partial charge in [0.1, 0.15) is 6.61 Å². The van der Waals surface area contributed by atoms with Crippen molar-refractivity contribution >= 4 is 23.1 Å². The van der Waals surface area contributed by atoms with Crippen LogP contribution in [0.25, 0.3) is 0 Å². The summed E-state index contributed by atoms with van der Waals surface area (Å²) in [7, 11) is 1.64. The van der Waals surface area contributed by atoms with Crippen LogP contribution in [-0.4, -0.2) is 53.8 Å². The quantitative estimate of drug-likeness (QED) is 0.651. The highest BCUT2D eigenvalue weighted by Crippen LogP contribution is 2.37. The summed E-state index contributed by atoms with van der Waals surface area (Å²) in [6.45, 7) is 4.66. The van der Waals surface area contributed by atoms with Gasteiger partial charge in [-0.2, -0.15) is 4.98 Å². The number of aromatic nitrogens is 3. The Morgan fingerprint density at radius 1 is 1.06 bits per heavy atom. The molecule has 2 aliphatic heterocycles. The summed E-state index contributed by atoms with van der Waals surface area (Å²) < 4.78 is 11.2. The van der Waals surface area contributed by atoms with Crippen LogP contribution in [-0.2, 0) is 0 Å². The van der Waals surface area contributed by atoms with Crippen molar-refractivity contribution < 1.29 is 9.47 Å². The number of hydrogen-bond donors (Lipinski definition) is 1. The minimum absolute atomic E-state index is 0.188. The summed E-state index contributed by atoms with van der Waals surface area (Å²) in [4.78, 5) is 18.2. The van der Waals surface area contributed by atoms with Gasteiger partial charge in [-0.05, 0) is 38.0 Å². The molecule has 166 valence electrons. The predicted octanol–water partition coefficient (Wildman–Crippen LogP) is 3.88. The highest BCUT2D eigenvalue weighted by atomic mass is 16.5. The largest absolute Gasteiger partial charge is 0.486 e. The van der Waals surface area contributed by atoms with Crippen molar-refractivity contribution in [3.8, 4) is 11.6 Å². The summed E-state index contributed by atoms with van der Waals surface area (Å²) in [5.74, 6) is 2.82. The Bertz CT molecular complexity index is 1060. The van der Waals surface area contributed by atoms with Gasteiger partial charge in [0.05, 0.1) is 19.3 Å². The molecule has 5 rings (SSSR count). The predicted molar refractivity (Wildman–Crippen MR) is 125 cm³/mol. The lowest BCUT2D eigenvalue weighted by molar-refractivity contribution is 0.275. The van der Waals surface area contributed by atoms with Gasteiger partial charge in [-0.1, -0.05) is 18.2 Å². The topological polar surface area (TPSA) is 75.6 Å². The second kappa shape index (κ2) is 8.90. The molecule has 1 N–H and O–H groups in total. The van der Waals surface area contributed by atoms with E-state index in [-0.39, 0.29) is 6.04 Å². The van der Waals surface area contributed by atoms with Crippen LogP contribution in [0.2, 0.25) is 0 Å². The monoisotopic (exact) mass is 432 g/mol. The number of pyridine rings is 1. The molecule has 1 saturated heterocycles. The average Bonchev–Trinajstić information content (AvgIpc) is 2.85. The number of ether oxygens (including phenoxy) is 2. The van der Waals surface area contributed by atoms with Crippen LogP contribution in [0.5, 0.6) is 11.6 Å². The zero-order valence-corrected chi connectivity index (χ0v) is 18.4. The van der Waals surface area contributed by atoms with Crippen LogP contribution in [0.3, 0.4) is 0 Å². The molecule has 32 heavy (non-hydrogen) atoms. The van der Waals surface area contributed by atoms with E-state index in [0.717, 1.165) is 48.9 Å². The van der Waals surface area contributed by atoms with Crippen LogP contribution in [0.4, 0.5) is 23.1 Å². The molecule has 1 aromatic carbocycles. The standard InChI is InChI=1S/C24H28N6O2/c1-17-16-32-21-15-26-24(28-23(21)30(17)19-6-4-3-5-7-19)27-18-9-12-29(13-10-18)20-8-11-25-22(14-20)31-2/h3-8,11,14-15,17-18H,9-10,12-13,16H2,1-2H3,(H,26,27,28). The molecule has 8 heteroatoms. The molecule has 0 amide bonds. The molecule has 1 atom stereocenters. The van der Waals surface area contributed by atoms with Crippen LogP contribution in [0, 0.1) is 0 Å². The number of nitrogens with one attached hydrogen (secondary N) is 1. The molecule has 2 aromatic heterocycles. The van der Waals surface area contributed by atoms with Gasteiger partial charge in [-0.25, -0.2) is 9.97 Å². The lowest BCUT2D eigenvalue weighted by atomic mass is 10.0. The molecule has 0 aliphatic carbocycles. The Morgan fingerprint density at radius 2 is 1.88 bits per heavy atom. The smallest absolute Gasteiger partial charge is 0.225 e. The second-order valence-electron chi connectivity index (χ2n) is 8.21. The Hall–Kier alpha value is -3.55. The molecular weight excluding hydrogens is 404 g/mol. The van der Waals surface area contributed by atoms with Crippen LogP contribution >= 0.6 is 0 Å². The fraction of sp³-hybridized carbons (Fsp3) is 0.375. The van der Waals surface area contributed by atoms with E-state index in [1.807, 2.05) is 30.3 Å². The highest BCUT2D eigenvalue weighted by molar-refractivity contribution is 5.68. The van der Waals surface area contributed by atoms with Crippen LogP contribution in [0.1, 0.15) is 19.8 Å². The molecule has 0 bridgehead atoms. The second-order valence-corrected chi connectivity index (χ2v) is 8.21. The van der Waals surface area contributed by atoms with Gasteiger partial charge in [0.25, 0.3) is 0 Å². The Morgan fingerprint density at radius 3 is 2.66 bits per heavy atom. The number of benzene rings is 1. The minimum Gasteiger partial charge on any atom is -0.486 e. The van der Waals surface area contributed by atoms with Gasteiger partial charge >= 0.3 is 0 Å². The molecule has 1 fully saturated rings. The average molecular weight is 433 g/mol. The number of fused-ring (bicyclic) bond motifs is 1. The first-order valence-electron chi connectivity index (χ1n) is 11.1. The van der Waals surface area contributed by atoms with Crippen molar-refractivity contribution in [1.29, 1.82) is 0 Å². The molecule has 2 aliphatic rings. The van der Waals surface area contributed by atoms with E-state index in [1.165, 1.54) is 0 Å². The lowest BCUT2D eigenvalue weighted by Crippen LogP contribution is -2.40. The van der Waals surface area contributed by atoms with E-state index in [1.54, 1.807) is 19.5 Å². The van der Waals surface area contributed by atoms with Crippen LogP contribution < -0.4 is 24.6 Å². The van der Waals surface area contributed by atoms with Crippen molar-refractivity contribution in [3.63, 3.8) is 0 Å². The minimum atomic E-state index is 0.188. The number of rotatable bonds is 5. The van der Waals surface area contributed by atoms with E-state index < -0.39 is 0 Å². The SMILES string of the molecule is COc1cc(N2CCC(Nc3ncc4c(n3)N(c3ccccc3)C(C)CO4)CC2)ccn1. The number of hydrogen-bond acceptors (Lipinski definition) is 8. The van der Waals surface area contributed by atoms with Crippen molar-refractivity contribution in [2.45, 2.75) is 31.8 Å². The molecule has 4 heterocycles. The maximum Gasteiger partial charge on any atom is 0.225 e. The van der Waals surface area contributed by atoms with Gasteiger partial charge in [-0.3, -0.25) is 0 Å². The number of anilines is 4. The summed E-state index contributed by atoms with van der Waals surface area (Å²) in [6, 6.07) is 14.8. The first kappa shape index (κ1) is 20.4. The zero-order valence-electron chi connectivity index (χ0n) is 18.4. The fourth-order valence-corrected chi connectivity index (χ4v) is 4.34. The van der Waals surface area contributed by atoms with Crippen molar-refractivity contribution in [2.75, 3.05) is 41.9 Å². The Labute approximate surface area is 188 Å². The van der Waals surface area contributed by atoms with Gasteiger partial charge in [-0.15, -0.1) is 0 Å². The summed E-state index contributed by atoms with van der Waals surface area (Å²) in [5.41, 5.74) is 2.25. The van der Waals surface area contributed by atoms with Gasteiger partial charge in [0, 0.05) is 42.8 Å². The number of methoxy groups -OCH3 is 1. The third-order valence-electron chi connectivity index (χ3n) is 6.04. The fourth-order valence-electron chi connectivity index (χ4n) is 4.34. The molecular formula is C24H28N6O2. The molecule has 0 radical (unpaired) electrons. The number of piperidine rings is 1. The summed E-state index contributed by atoms with van der Waals surface area (Å²) in [5, 5.41) is 3.54. The molecule has 0 spiro atoms. The van der Waals surface area contributed by atoms with E-state index in [9.17, 15) is 0 Å². The Kier molecular flexibility index (Phi) is 5.66. The molecule has 0 saturated carbocycles. The first-order chi connectivity index (χ1) is 15.7. The molecule has 8 nitrogen and oxygen atoms in total. The van der Waals surface area contributed by atoms with E-state index in [0.29, 0.717) is 24.5 Å². The highest BCUT2D eigenvalue weighted by Gasteiger charge is 2.28. The van der Waals surface area contributed by atoms with Crippen LogP contribution in [0.15, 0.2) is 54.9 Å². The summed E-state index contributed by atoms with van der Waals surface area (Å²) >= 11 is 0. The summed E-state index contributed by atoms with van der Waals surface area (Å²) in [6.07, 6.45) is 5.58. The maximum absolute atomic E-state index is 5.90. The normalized spacial score (nSPS) is 18.6. The van der Waals surface area contributed by atoms with E-state index >= 15 is 0 Å². The van der Waals surface area contributed by atoms with Crippen molar-refractivity contribution in [1.82, 2.24) is 15.0 Å². The Balaban J connectivity index is 1.28. The molecule has 3 aromatic rings. The number of para-hydroxylation sites is 1. The molecule has 1 unspecified atom stereocenters. The third kappa shape index (κ3) is 4.12. The number of nitrogens with zero attached hydrogens (tertiary/aromatic N) is 5. The lowest BCUT2D eigenvalue weighted by Gasteiger charge is -2.36. The van der Waals surface area contributed by atoms with E-state index in [2.05, 4.69) is 44.1 Å². The van der Waals surface area contributed by atoms with Gasteiger partial charge in [0.2, 0.25) is 11.8 Å². The third-order valence-corrected chi connectivity index (χ3v) is 6.04. The van der Waals surface area contributed by atoms with Gasteiger partial charge in [0.15, 0.2) is 11.6 Å². The van der Waals surface area contributed by atoms with Crippen molar-refractivity contribution in [2.24, 2.45) is 0 Å².